The summed E-state index contributed by atoms with van der Waals surface area (Å²) in [5.41, 5.74) is 8.05. The summed E-state index contributed by atoms with van der Waals surface area (Å²) in [6, 6.07) is 6.73. The normalized spacial score (nSPS) is 12.2. The first-order chi connectivity index (χ1) is 15.3. The van der Waals surface area contributed by atoms with Crippen LogP contribution in [-0.4, -0.2) is 41.7 Å². The van der Waals surface area contributed by atoms with E-state index in [0.717, 1.165) is 33.7 Å². The predicted octanol–water partition coefficient (Wildman–Crippen LogP) is 2.17. The minimum absolute atomic E-state index is 0.0563. The Morgan fingerprint density at radius 1 is 1.12 bits per heavy atom. The molecule has 3 rings (SSSR count). The summed E-state index contributed by atoms with van der Waals surface area (Å²) >= 11 is 1.07. The molecule has 10 heteroatoms. The zero-order chi connectivity index (χ0) is 23.1. The van der Waals surface area contributed by atoms with E-state index in [0.29, 0.717) is 50.0 Å². The molecule has 172 valence electrons. The van der Waals surface area contributed by atoms with Crippen molar-refractivity contribution in [3.8, 4) is 5.75 Å². The molecule has 0 saturated carbocycles. The second kappa shape index (κ2) is 11.2. The molecule has 0 saturated heterocycles. The maximum atomic E-state index is 13.2. The Kier molecular flexibility index (Phi) is 8.32. The molecule has 1 atom stereocenters. The van der Waals surface area contributed by atoms with Crippen LogP contribution in [0.3, 0.4) is 0 Å². The van der Waals surface area contributed by atoms with Gasteiger partial charge in [-0.05, 0) is 55.1 Å². The third kappa shape index (κ3) is 6.59. The number of phenols is 1. The summed E-state index contributed by atoms with van der Waals surface area (Å²) < 4.78 is 26.9. The van der Waals surface area contributed by atoms with E-state index < -0.39 is 11.6 Å². The Bertz CT molecular complexity index is 1130. The van der Waals surface area contributed by atoms with Gasteiger partial charge in [-0.2, -0.15) is 0 Å². The molecule has 7 nitrogen and oxygen atoms in total. The van der Waals surface area contributed by atoms with Gasteiger partial charge in [-0.25, -0.2) is 8.78 Å². The molecule has 0 radical (unpaired) electrons. The monoisotopic (exact) mass is 464 g/mol. The molecule has 0 bridgehead atoms. The number of carbonyl (C=O) groups is 1. The van der Waals surface area contributed by atoms with E-state index >= 15 is 0 Å². The number of amides is 1. The molecule has 0 aliphatic carbocycles. The predicted molar refractivity (Wildman–Crippen MR) is 121 cm³/mol. The molecule has 1 heterocycles. The molecule has 0 fully saturated rings. The van der Waals surface area contributed by atoms with Crippen LogP contribution in [0.5, 0.6) is 5.75 Å². The molecule has 1 aromatic heterocycles. The highest BCUT2D eigenvalue weighted by Gasteiger charge is 2.11. The Balaban J connectivity index is 1.31. The van der Waals surface area contributed by atoms with Crippen molar-refractivity contribution in [3.05, 3.63) is 62.8 Å². The summed E-state index contributed by atoms with van der Waals surface area (Å²) in [6.45, 7) is 1.66. The molecule has 3 aromatic rings. The van der Waals surface area contributed by atoms with Crippen LogP contribution in [-0.2, 0) is 17.6 Å². The summed E-state index contributed by atoms with van der Waals surface area (Å²) in [5, 5.41) is 15.8. The van der Waals surface area contributed by atoms with E-state index in [1.165, 1.54) is 6.07 Å². The number of phenolic OH excluding ortho intramolecular Hbond substituents is 1. The zero-order valence-electron chi connectivity index (χ0n) is 17.4. The van der Waals surface area contributed by atoms with Crippen LogP contribution in [0, 0.1) is 11.6 Å². The summed E-state index contributed by atoms with van der Waals surface area (Å²) in [4.78, 5) is 26.0. The van der Waals surface area contributed by atoms with Crippen LogP contribution >= 0.6 is 11.3 Å². The highest BCUT2D eigenvalue weighted by atomic mass is 32.1. The highest BCUT2D eigenvalue weighted by Crippen LogP contribution is 2.27. The maximum Gasteiger partial charge on any atom is 0.305 e. The van der Waals surface area contributed by atoms with Gasteiger partial charge in [0.25, 0.3) is 0 Å². The van der Waals surface area contributed by atoms with E-state index in [1.54, 1.807) is 12.1 Å². The summed E-state index contributed by atoms with van der Waals surface area (Å²) in [7, 11) is 0. The minimum Gasteiger partial charge on any atom is -0.506 e. The third-order valence-electron chi connectivity index (χ3n) is 5.07. The maximum absolute atomic E-state index is 13.2. The fourth-order valence-corrected chi connectivity index (χ4v) is 4.27. The van der Waals surface area contributed by atoms with Gasteiger partial charge in [0.2, 0.25) is 5.91 Å². The van der Waals surface area contributed by atoms with E-state index in [2.05, 4.69) is 15.6 Å². The molecule has 1 amide bonds. The first-order valence-electron chi connectivity index (χ1n) is 10.3. The van der Waals surface area contributed by atoms with Gasteiger partial charge in [0, 0.05) is 25.6 Å². The van der Waals surface area contributed by atoms with Gasteiger partial charge in [-0.3, -0.25) is 9.59 Å². The number of nitrogens with two attached hydrogens (primary N) is 1. The number of aromatic hydroxyl groups is 1. The van der Waals surface area contributed by atoms with Gasteiger partial charge in [-0.1, -0.05) is 23.5 Å². The van der Waals surface area contributed by atoms with Crippen molar-refractivity contribution in [1.29, 1.82) is 0 Å². The number of H-pyrrole nitrogens is 1. The molecule has 2 aromatic carbocycles. The standard InChI is InChI=1S/C22H26F2N4O3S/c23-16-5-2-13(11-17(16)24)1-4-15(25)12-19(30)27-10-9-26-8-7-14-3-6-18(29)20-21(14)32-22(31)28-20/h2-3,5-6,11,15,26,29H,1,4,7-10,12,25H2,(H,27,30)(H,28,31). The number of fused-ring (bicyclic) bond motifs is 1. The van der Waals surface area contributed by atoms with Crippen LogP contribution in [0.1, 0.15) is 24.0 Å². The number of aromatic amines is 1. The number of hydrogen-bond acceptors (Lipinski definition) is 6. The Labute approximate surface area is 187 Å². The average Bonchev–Trinajstić information content (AvgIpc) is 3.15. The molecule has 32 heavy (non-hydrogen) atoms. The lowest BCUT2D eigenvalue weighted by molar-refractivity contribution is -0.121. The Hall–Kier alpha value is -2.82. The van der Waals surface area contributed by atoms with Crippen LogP contribution in [0.25, 0.3) is 10.2 Å². The van der Waals surface area contributed by atoms with Crippen molar-refractivity contribution in [3.63, 3.8) is 0 Å². The van der Waals surface area contributed by atoms with E-state index in [4.69, 9.17) is 5.73 Å². The smallest absolute Gasteiger partial charge is 0.305 e. The lowest BCUT2D eigenvalue weighted by Crippen LogP contribution is -2.36. The molecular formula is C22H26F2N4O3S. The van der Waals surface area contributed by atoms with Gasteiger partial charge in [0.05, 0.1) is 4.70 Å². The second-order valence-corrected chi connectivity index (χ2v) is 8.55. The number of halogens is 2. The van der Waals surface area contributed by atoms with Crippen LogP contribution in [0.2, 0.25) is 0 Å². The van der Waals surface area contributed by atoms with E-state index in [9.17, 15) is 23.5 Å². The van der Waals surface area contributed by atoms with Crippen molar-refractivity contribution in [1.82, 2.24) is 15.6 Å². The van der Waals surface area contributed by atoms with Gasteiger partial charge in [-0.15, -0.1) is 0 Å². The van der Waals surface area contributed by atoms with E-state index in [-0.39, 0.29) is 29.0 Å². The number of rotatable bonds is 11. The SMILES string of the molecule is NC(CCc1ccc(F)c(F)c1)CC(=O)NCCNCCc1ccc(O)c2[nH]c(=O)sc12. The van der Waals surface area contributed by atoms with Crippen molar-refractivity contribution < 1.29 is 18.7 Å². The van der Waals surface area contributed by atoms with Crippen LogP contribution in [0.4, 0.5) is 8.78 Å². The summed E-state index contributed by atoms with van der Waals surface area (Å²) in [5.74, 6) is -1.88. The van der Waals surface area contributed by atoms with Gasteiger partial charge >= 0.3 is 4.87 Å². The molecular weight excluding hydrogens is 438 g/mol. The molecule has 6 N–H and O–H groups in total. The number of benzene rings is 2. The average molecular weight is 465 g/mol. The number of hydrogen-bond donors (Lipinski definition) is 5. The first-order valence-corrected chi connectivity index (χ1v) is 11.2. The fourth-order valence-electron chi connectivity index (χ4n) is 3.37. The van der Waals surface area contributed by atoms with Gasteiger partial charge < -0.3 is 26.5 Å². The topological polar surface area (TPSA) is 120 Å². The molecule has 0 spiro atoms. The number of aromatic nitrogens is 1. The minimum atomic E-state index is -0.889. The van der Waals surface area contributed by atoms with Crippen LogP contribution in [0.15, 0.2) is 35.1 Å². The van der Waals surface area contributed by atoms with Crippen molar-refractivity contribution in [2.24, 2.45) is 5.73 Å². The Morgan fingerprint density at radius 2 is 1.94 bits per heavy atom. The van der Waals surface area contributed by atoms with Crippen molar-refractivity contribution in [2.45, 2.75) is 31.7 Å². The third-order valence-corrected chi connectivity index (χ3v) is 6.03. The quantitative estimate of drug-likeness (QED) is 0.279. The lowest BCUT2D eigenvalue weighted by Gasteiger charge is -2.12. The first kappa shape index (κ1) is 23.8. The number of aryl methyl sites for hydroxylation is 1. The highest BCUT2D eigenvalue weighted by molar-refractivity contribution is 7.16. The molecule has 1 unspecified atom stereocenters. The summed E-state index contributed by atoms with van der Waals surface area (Å²) in [6.07, 6.45) is 1.78. The van der Waals surface area contributed by atoms with E-state index in [1.807, 2.05) is 0 Å². The second-order valence-electron chi connectivity index (χ2n) is 7.56. The molecule has 0 aliphatic heterocycles. The Morgan fingerprint density at radius 3 is 2.72 bits per heavy atom. The zero-order valence-corrected chi connectivity index (χ0v) is 18.2. The fraction of sp³-hybridized carbons (Fsp3) is 0.364. The number of carbonyl (C=O) groups excluding carboxylic acids is 1. The van der Waals surface area contributed by atoms with Gasteiger partial charge in [0.15, 0.2) is 11.6 Å². The largest absolute Gasteiger partial charge is 0.506 e. The van der Waals surface area contributed by atoms with Crippen LogP contribution < -0.4 is 21.2 Å². The van der Waals surface area contributed by atoms with Crippen molar-refractivity contribution >= 4 is 27.5 Å². The lowest BCUT2D eigenvalue weighted by atomic mass is 10.0. The number of thiazole rings is 1. The number of nitrogens with one attached hydrogen (secondary N) is 3. The molecule has 0 aliphatic rings. The van der Waals surface area contributed by atoms with Gasteiger partial charge in [0.1, 0.15) is 11.3 Å². The van der Waals surface area contributed by atoms with Crippen molar-refractivity contribution in [2.75, 3.05) is 19.6 Å².